The van der Waals surface area contributed by atoms with Gasteiger partial charge >= 0.3 is 5.69 Å². The maximum atomic E-state index is 12.4. The second-order valence-corrected chi connectivity index (χ2v) is 7.87. The van der Waals surface area contributed by atoms with Crippen molar-refractivity contribution in [2.45, 2.75) is 43.6 Å². The van der Waals surface area contributed by atoms with Crippen LogP contribution in [0.2, 0.25) is 15.1 Å². The zero-order valence-corrected chi connectivity index (χ0v) is 16.7. The van der Waals surface area contributed by atoms with Crippen LogP contribution in [0.5, 0.6) is 0 Å². The second-order valence-electron chi connectivity index (χ2n) is 5.31. The molecule has 1 aromatic heterocycles. The van der Waals surface area contributed by atoms with Gasteiger partial charge in [0.15, 0.2) is 5.16 Å². The van der Waals surface area contributed by atoms with Gasteiger partial charge in [-0.25, -0.2) is 9.89 Å². The third kappa shape index (κ3) is 5.17. The van der Waals surface area contributed by atoms with Crippen molar-refractivity contribution < 1.29 is 4.79 Å². The summed E-state index contributed by atoms with van der Waals surface area (Å²) < 4.78 is 1.53. The number of amides is 1. The molecule has 2 aromatic rings. The van der Waals surface area contributed by atoms with E-state index in [1.807, 2.05) is 6.92 Å². The van der Waals surface area contributed by atoms with Crippen molar-refractivity contribution >= 4 is 58.2 Å². The summed E-state index contributed by atoms with van der Waals surface area (Å²) in [6.07, 6.45) is 1.80. The third-order valence-corrected chi connectivity index (χ3v) is 5.27. The molecule has 6 nitrogen and oxygen atoms in total. The molecule has 1 aromatic carbocycles. The number of aromatic nitrogens is 3. The van der Waals surface area contributed by atoms with E-state index in [2.05, 4.69) is 15.5 Å². The number of thioether (sulfide) groups is 1. The van der Waals surface area contributed by atoms with E-state index in [-0.39, 0.29) is 21.6 Å². The number of carbonyl (C=O) groups is 1. The van der Waals surface area contributed by atoms with Crippen molar-refractivity contribution in [2.24, 2.45) is 0 Å². The van der Waals surface area contributed by atoms with Gasteiger partial charge in [-0.2, -0.15) is 0 Å². The molecule has 25 heavy (non-hydrogen) atoms. The van der Waals surface area contributed by atoms with Gasteiger partial charge in [0.25, 0.3) is 0 Å². The highest BCUT2D eigenvalue weighted by atomic mass is 35.5. The van der Waals surface area contributed by atoms with Crippen molar-refractivity contribution in [1.82, 2.24) is 14.8 Å². The number of H-pyrrole nitrogens is 1. The summed E-state index contributed by atoms with van der Waals surface area (Å²) >= 11 is 19.2. The first kappa shape index (κ1) is 20.2. The summed E-state index contributed by atoms with van der Waals surface area (Å²) in [5.74, 6) is -0.311. The number of hydrogen-bond donors (Lipinski definition) is 2. The van der Waals surface area contributed by atoms with Crippen LogP contribution >= 0.6 is 46.6 Å². The minimum absolute atomic E-state index is 0.252. The van der Waals surface area contributed by atoms with Crippen molar-refractivity contribution in [2.75, 3.05) is 5.32 Å². The molecular formula is C15H17Cl3N4O2S. The number of aromatic amines is 1. The minimum atomic E-state index is -0.515. The van der Waals surface area contributed by atoms with Gasteiger partial charge in [0, 0.05) is 11.6 Å². The number of carbonyl (C=O) groups excluding carboxylic acids is 1. The first-order valence-corrected chi connectivity index (χ1v) is 9.62. The molecule has 2 N–H and O–H groups in total. The molecule has 0 aliphatic heterocycles. The van der Waals surface area contributed by atoms with Gasteiger partial charge in [-0.3, -0.25) is 9.36 Å². The Kier molecular flexibility index (Phi) is 7.25. The van der Waals surface area contributed by atoms with Crippen LogP contribution in [0.15, 0.2) is 22.1 Å². The Hall–Kier alpha value is -1.15. The van der Waals surface area contributed by atoms with Gasteiger partial charge in [-0.1, -0.05) is 59.9 Å². The molecule has 1 atom stereocenters. The fourth-order valence-corrected chi connectivity index (χ4v) is 3.80. The normalized spacial score (nSPS) is 12.2. The predicted octanol–water partition coefficient (Wildman–Crippen LogP) is 4.45. The Morgan fingerprint density at radius 1 is 1.36 bits per heavy atom. The molecule has 1 heterocycles. The van der Waals surface area contributed by atoms with E-state index in [0.29, 0.717) is 22.4 Å². The summed E-state index contributed by atoms with van der Waals surface area (Å²) in [7, 11) is 0. The van der Waals surface area contributed by atoms with E-state index in [0.717, 1.165) is 12.8 Å². The van der Waals surface area contributed by atoms with Crippen LogP contribution in [0.1, 0.15) is 26.7 Å². The highest BCUT2D eigenvalue weighted by molar-refractivity contribution is 8.00. The molecule has 0 spiro atoms. The second kappa shape index (κ2) is 8.98. The van der Waals surface area contributed by atoms with Crippen molar-refractivity contribution in [3.8, 4) is 0 Å². The lowest BCUT2D eigenvalue weighted by Gasteiger charge is -2.14. The van der Waals surface area contributed by atoms with Crippen molar-refractivity contribution in [1.29, 1.82) is 0 Å². The maximum Gasteiger partial charge on any atom is 0.343 e. The molecule has 1 amide bonds. The number of nitrogens with zero attached hydrogens (tertiary/aromatic N) is 2. The van der Waals surface area contributed by atoms with E-state index in [9.17, 15) is 9.59 Å². The first-order valence-electron chi connectivity index (χ1n) is 7.60. The van der Waals surface area contributed by atoms with Crippen molar-refractivity contribution in [3.63, 3.8) is 0 Å². The summed E-state index contributed by atoms with van der Waals surface area (Å²) in [5.41, 5.74) is 0.0166. The molecule has 0 aliphatic carbocycles. The highest BCUT2D eigenvalue weighted by Crippen LogP contribution is 2.34. The van der Waals surface area contributed by atoms with E-state index < -0.39 is 5.25 Å². The monoisotopic (exact) mass is 422 g/mol. The number of rotatable bonds is 7. The number of benzene rings is 1. The van der Waals surface area contributed by atoms with Crippen molar-refractivity contribution in [3.05, 3.63) is 37.7 Å². The highest BCUT2D eigenvalue weighted by Gasteiger charge is 2.21. The molecule has 0 saturated heterocycles. The van der Waals surface area contributed by atoms with Gasteiger partial charge in [0.05, 0.1) is 21.0 Å². The summed E-state index contributed by atoms with van der Waals surface area (Å²) in [6.45, 7) is 4.30. The molecule has 2 rings (SSSR count). The molecule has 0 saturated carbocycles. The lowest BCUT2D eigenvalue weighted by molar-refractivity contribution is -0.115. The fourth-order valence-electron chi connectivity index (χ4n) is 2.00. The Morgan fingerprint density at radius 2 is 2.00 bits per heavy atom. The summed E-state index contributed by atoms with van der Waals surface area (Å²) in [4.78, 5) is 24.2. The number of anilines is 1. The van der Waals surface area contributed by atoms with Gasteiger partial charge in [-0.15, -0.1) is 5.10 Å². The smallest absolute Gasteiger partial charge is 0.323 e. The zero-order chi connectivity index (χ0) is 18.6. The molecule has 0 fully saturated rings. The average Bonchev–Trinajstić information content (AvgIpc) is 2.88. The van der Waals surface area contributed by atoms with Crippen LogP contribution in [0.25, 0.3) is 0 Å². The van der Waals surface area contributed by atoms with Crippen LogP contribution < -0.4 is 11.0 Å². The molecule has 0 aliphatic rings. The SMILES string of the molecule is CCCCn1c(S[C@@H](C)C(=O)Nc2c(Cl)cc(Cl)cc2Cl)n[nH]c1=O. The zero-order valence-electron chi connectivity index (χ0n) is 13.6. The average molecular weight is 424 g/mol. The van der Waals surface area contributed by atoms with Crippen LogP contribution in [-0.4, -0.2) is 25.9 Å². The summed E-state index contributed by atoms with van der Waals surface area (Å²) in [6, 6.07) is 3.00. The Bertz CT molecular complexity index is 798. The van der Waals surface area contributed by atoms with Crippen LogP contribution in [0, 0.1) is 0 Å². The number of hydrogen-bond acceptors (Lipinski definition) is 4. The Morgan fingerprint density at radius 3 is 2.60 bits per heavy atom. The number of halogens is 3. The molecular weight excluding hydrogens is 407 g/mol. The molecule has 10 heteroatoms. The largest absolute Gasteiger partial charge is 0.343 e. The predicted molar refractivity (Wildman–Crippen MR) is 103 cm³/mol. The van der Waals surface area contributed by atoms with E-state index >= 15 is 0 Å². The van der Waals surface area contributed by atoms with E-state index in [1.54, 1.807) is 6.92 Å². The molecule has 136 valence electrons. The van der Waals surface area contributed by atoms with Gasteiger partial charge in [0.2, 0.25) is 5.91 Å². The third-order valence-electron chi connectivity index (χ3n) is 3.37. The molecule has 0 bridgehead atoms. The van der Waals surface area contributed by atoms with Gasteiger partial charge < -0.3 is 5.32 Å². The van der Waals surface area contributed by atoms with Gasteiger partial charge in [0.1, 0.15) is 0 Å². The van der Waals surface area contributed by atoms with Crippen LogP contribution in [0.3, 0.4) is 0 Å². The van der Waals surface area contributed by atoms with Gasteiger partial charge in [-0.05, 0) is 25.5 Å². The standard InChI is InChI=1S/C15H17Cl3N4O2S/c1-3-4-5-22-14(24)20-21-15(22)25-8(2)13(23)19-12-10(17)6-9(16)7-11(12)18/h6-8H,3-5H2,1-2H3,(H,19,23)(H,20,24)/t8-/m0/s1. The first-order chi connectivity index (χ1) is 11.8. The Labute approximate surface area is 164 Å². The number of nitrogens with one attached hydrogen (secondary N) is 2. The number of unbranched alkanes of at least 4 members (excludes halogenated alkanes) is 1. The minimum Gasteiger partial charge on any atom is -0.323 e. The summed E-state index contributed by atoms with van der Waals surface area (Å²) in [5, 5.41) is 9.92. The van der Waals surface area contributed by atoms with Crippen LogP contribution in [0.4, 0.5) is 5.69 Å². The maximum absolute atomic E-state index is 12.4. The fraction of sp³-hybridized carbons (Fsp3) is 0.400. The quantitative estimate of drug-likeness (QED) is 0.645. The lowest BCUT2D eigenvalue weighted by atomic mass is 10.3. The van der Waals surface area contributed by atoms with E-state index in [1.165, 1.54) is 28.5 Å². The Balaban J connectivity index is 2.10. The topological polar surface area (TPSA) is 79.8 Å². The van der Waals surface area contributed by atoms with Crippen LogP contribution in [-0.2, 0) is 11.3 Å². The molecule has 0 radical (unpaired) electrons. The lowest BCUT2D eigenvalue weighted by Crippen LogP contribution is -2.24. The van der Waals surface area contributed by atoms with E-state index in [4.69, 9.17) is 34.8 Å². The molecule has 0 unspecified atom stereocenters.